The average Bonchev–Trinajstić information content (AvgIpc) is 3.34. The van der Waals surface area contributed by atoms with Gasteiger partial charge in [0.05, 0.1) is 23.2 Å². The lowest BCUT2D eigenvalue weighted by atomic mass is 10.1. The summed E-state index contributed by atoms with van der Waals surface area (Å²) >= 11 is 1.31. The Hall–Kier alpha value is -3.27. The molecule has 0 spiro atoms. The van der Waals surface area contributed by atoms with Crippen molar-refractivity contribution in [2.45, 2.75) is 19.6 Å². The highest BCUT2D eigenvalue weighted by Crippen LogP contribution is 2.31. The van der Waals surface area contributed by atoms with Crippen molar-refractivity contribution in [1.29, 1.82) is 0 Å². The second-order valence-corrected chi connectivity index (χ2v) is 7.19. The number of aromatic amines is 1. The first-order chi connectivity index (χ1) is 13.8. The summed E-state index contributed by atoms with van der Waals surface area (Å²) in [4.78, 5) is 28.3. The van der Waals surface area contributed by atoms with Crippen LogP contribution in [0.25, 0.3) is 22.3 Å². The minimum absolute atomic E-state index is 0.180. The number of hydrogen-bond acceptors (Lipinski definition) is 5. The Bertz CT molecular complexity index is 1180. The molecule has 148 valence electrons. The number of nitrogens with zero attached hydrogens (tertiary/aromatic N) is 3. The number of rotatable bonds is 4. The molecule has 0 atom stereocenters. The largest absolute Gasteiger partial charge is 0.416 e. The normalized spacial score (nSPS) is 11.7. The number of nitrogens with one attached hydrogen (secondary N) is 2. The average molecular weight is 417 g/mol. The van der Waals surface area contributed by atoms with Crippen molar-refractivity contribution < 1.29 is 18.0 Å². The third-order valence-corrected chi connectivity index (χ3v) is 5.05. The van der Waals surface area contributed by atoms with Crippen LogP contribution in [0.4, 0.5) is 13.2 Å². The van der Waals surface area contributed by atoms with E-state index in [0.717, 1.165) is 12.1 Å². The first kappa shape index (κ1) is 19.1. The number of carbonyl (C=O) groups is 1. The van der Waals surface area contributed by atoms with Gasteiger partial charge in [-0.15, -0.1) is 11.3 Å². The van der Waals surface area contributed by atoms with Crippen molar-refractivity contribution in [2.24, 2.45) is 0 Å². The number of aromatic nitrogens is 4. The molecule has 0 fully saturated rings. The number of halogens is 3. The molecule has 0 saturated carbocycles. The Morgan fingerprint density at radius 3 is 2.62 bits per heavy atom. The summed E-state index contributed by atoms with van der Waals surface area (Å²) in [7, 11) is 0. The predicted octanol–water partition coefficient (Wildman–Crippen LogP) is 4.34. The zero-order valence-corrected chi connectivity index (χ0v) is 15.9. The van der Waals surface area contributed by atoms with E-state index in [-0.39, 0.29) is 18.1 Å². The Morgan fingerprint density at radius 2 is 1.90 bits per heavy atom. The topological polar surface area (TPSA) is 83.6 Å². The van der Waals surface area contributed by atoms with Gasteiger partial charge in [-0.05, 0) is 25.1 Å². The van der Waals surface area contributed by atoms with E-state index in [1.54, 1.807) is 24.6 Å². The van der Waals surface area contributed by atoms with Crippen LogP contribution in [-0.2, 0) is 12.7 Å². The summed E-state index contributed by atoms with van der Waals surface area (Å²) in [6, 6.07) is 6.54. The van der Waals surface area contributed by atoms with Gasteiger partial charge in [-0.25, -0.2) is 15.0 Å². The Morgan fingerprint density at radius 1 is 1.14 bits per heavy atom. The molecule has 0 bridgehead atoms. The lowest BCUT2D eigenvalue weighted by Gasteiger charge is -2.06. The van der Waals surface area contributed by atoms with E-state index in [4.69, 9.17) is 0 Å². The van der Waals surface area contributed by atoms with E-state index >= 15 is 0 Å². The minimum Gasteiger partial charge on any atom is -0.346 e. The van der Waals surface area contributed by atoms with E-state index < -0.39 is 11.7 Å². The summed E-state index contributed by atoms with van der Waals surface area (Å²) in [5.74, 6) is 0.121. The van der Waals surface area contributed by atoms with Crippen LogP contribution < -0.4 is 5.32 Å². The summed E-state index contributed by atoms with van der Waals surface area (Å²) in [6.45, 7) is 1.88. The summed E-state index contributed by atoms with van der Waals surface area (Å²) in [6.07, 6.45) is -2.69. The number of fused-ring (bicyclic) bond motifs is 1. The molecule has 0 unspecified atom stereocenters. The molecule has 4 aromatic rings. The highest BCUT2D eigenvalue weighted by molar-refractivity contribution is 7.09. The van der Waals surface area contributed by atoms with E-state index in [1.807, 2.05) is 0 Å². The highest BCUT2D eigenvalue weighted by Gasteiger charge is 2.30. The van der Waals surface area contributed by atoms with Crippen LogP contribution in [-0.4, -0.2) is 25.8 Å². The number of amides is 1. The van der Waals surface area contributed by atoms with Gasteiger partial charge in [-0.3, -0.25) is 4.79 Å². The second kappa shape index (κ2) is 7.28. The number of hydrogen-bond donors (Lipinski definition) is 2. The molecule has 6 nitrogen and oxygen atoms in total. The van der Waals surface area contributed by atoms with E-state index in [9.17, 15) is 18.0 Å². The van der Waals surface area contributed by atoms with Gasteiger partial charge < -0.3 is 10.3 Å². The molecule has 0 aliphatic carbocycles. The van der Waals surface area contributed by atoms with Crippen molar-refractivity contribution >= 4 is 28.3 Å². The van der Waals surface area contributed by atoms with Crippen molar-refractivity contribution in [3.63, 3.8) is 0 Å². The first-order valence-corrected chi connectivity index (χ1v) is 9.41. The highest BCUT2D eigenvalue weighted by atomic mass is 32.1. The predicted molar refractivity (Wildman–Crippen MR) is 102 cm³/mol. The third kappa shape index (κ3) is 3.97. The maximum atomic E-state index is 12.7. The molecule has 0 aliphatic rings. The van der Waals surface area contributed by atoms with Crippen molar-refractivity contribution in [3.8, 4) is 11.3 Å². The van der Waals surface area contributed by atoms with Crippen LogP contribution in [0.2, 0.25) is 0 Å². The minimum atomic E-state index is -4.37. The number of H-pyrrole nitrogens is 1. The molecule has 0 aliphatic heterocycles. The van der Waals surface area contributed by atoms with E-state index in [2.05, 4.69) is 25.3 Å². The fourth-order valence-corrected chi connectivity index (χ4v) is 3.56. The Balaban J connectivity index is 1.47. The fourth-order valence-electron chi connectivity index (χ4n) is 2.82. The monoisotopic (exact) mass is 417 g/mol. The molecule has 1 amide bonds. The summed E-state index contributed by atoms with van der Waals surface area (Å²) in [5, 5.41) is 5.77. The third-order valence-electron chi connectivity index (χ3n) is 4.20. The molecule has 0 saturated heterocycles. The first-order valence-electron chi connectivity index (χ1n) is 8.53. The molecule has 1 aromatic carbocycles. The second-order valence-electron chi connectivity index (χ2n) is 6.24. The van der Waals surface area contributed by atoms with Gasteiger partial charge >= 0.3 is 6.18 Å². The Labute approximate surface area is 166 Å². The molecule has 10 heteroatoms. The number of alkyl halides is 3. The number of thiazole rings is 1. The molecule has 2 N–H and O–H groups in total. The van der Waals surface area contributed by atoms with Crippen LogP contribution in [0.15, 0.2) is 41.9 Å². The summed E-state index contributed by atoms with van der Waals surface area (Å²) in [5.41, 5.74) is 1.28. The van der Waals surface area contributed by atoms with Crippen LogP contribution >= 0.6 is 11.3 Å². The molecule has 29 heavy (non-hydrogen) atoms. The molecule has 0 radical (unpaired) electrons. The van der Waals surface area contributed by atoms with Gasteiger partial charge in [-0.2, -0.15) is 13.2 Å². The van der Waals surface area contributed by atoms with Crippen LogP contribution in [0, 0.1) is 6.92 Å². The van der Waals surface area contributed by atoms with E-state index in [0.29, 0.717) is 33.1 Å². The van der Waals surface area contributed by atoms with Gasteiger partial charge in [0.2, 0.25) is 0 Å². The maximum Gasteiger partial charge on any atom is 0.416 e. The number of carbonyl (C=O) groups excluding carboxylic acids is 1. The zero-order chi connectivity index (χ0) is 20.6. The molecule has 3 aromatic heterocycles. The van der Waals surface area contributed by atoms with Gasteiger partial charge in [0.1, 0.15) is 22.2 Å². The molecular formula is C19H14F3N5OS. The van der Waals surface area contributed by atoms with E-state index in [1.165, 1.54) is 23.5 Å². The van der Waals surface area contributed by atoms with Crippen molar-refractivity contribution in [2.75, 3.05) is 0 Å². The van der Waals surface area contributed by atoms with Gasteiger partial charge in [-0.1, -0.05) is 12.1 Å². The SMILES string of the molecule is Cc1nc(C(=O)NCc2nc(-c3ccc(C(F)(F)F)cc3)cs2)c2cc[nH]c2n1. The zero-order valence-electron chi connectivity index (χ0n) is 15.0. The van der Waals surface area contributed by atoms with Crippen LogP contribution in [0.5, 0.6) is 0 Å². The molecular weight excluding hydrogens is 403 g/mol. The van der Waals surface area contributed by atoms with Crippen LogP contribution in [0.1, 0.15) is 26.9 Å². The number of benzene rings is 1. The maximum absolute atomic E-state index is 12.7. The molecule has 4 rings (SSSR count). The van der Waals surface area contributed by atoms with Crippen molar-refractivity contribution in [3.05, 3.63) is 64.0 Å². The standard InChI is InChI=1S/C19H14F3N5OS/c1-10-25-16(13-6-7-23-17(13)26-10)18(28)24-8-15-27-14(9-29-15)11-2-4-12(5-3-11)19(20,21)22/h2-7,9H,8H2,1H3,(H,24,28)(H,23,25,26). The van der Waals surface area contributed by atoms with Gasteiger partial charge in [0.25, 0.3) is 5.91 Å². The van der Waals surface area contributed by atoms with Crippen molar-refractivity contribution in [1.82, 2.24) is 25.3 Å². The Kier molecular flexibility index (Phi) is 4.79. The lowest BCUT2D eigenvalue weighted by Crippen LogP contribution is -2.24. The van der Waals surface area contributed by atoms with Gasteiger partial charge in [0.15, 0.2) is 0 Å². The quantitative estimate of drug-likeness (QED) is 0.518. The number of aryl methyl sites for hydroxylation is 1. The summed E-state index contributed by atoms with van der Waals surface area (Å²) < 4.78 is 38.0. The van der Waals surface area contributed by atoms with Gasteiger partial charge in [0, 0.05) is 17.1 Å². The lowest BCUT2D eigenvalue weighted by molar-refractivity contribution is -0.137. The fraction of sp³-hybridized carbons (Fsp3) is 0.158. The smallest absolute Gasteiger partial charge is 0.346 e. The molecule has 3 heterocycles. The van der Waals surface area contributed by atoms with Crippen LogP contribution in [0.3, 0.4) is 0 Å².